The summed E-state index contributed by atoms with van der Waals surface area (Å²) < 4.78 is 3.47. The molecular formula is C2H2N4S. The standard InChI is InChI=1S/C2H2N4S/c3-4-2-1-7-6-5-2/h1,3H. The van der Waals surface area contributed by atoms with Crippen LogP contribution in [0.1, 0.15) is 0 Å². The summed E-state index contributed by atoms with van der Waals surface area (Å²) in [5.74, 6) is 0.380. The minimum absolute atomic E-state index is 0.380. The molecule has 1 aromatic rings. The van der Waals surface area contributed by atoms with Gasteiger partial charge in [0.05, 0.1) is 5.38 Å². The van der Waals surface area contributed by atoms with Crippen molar-refractivity contribution in [3.05, 3.63) is 5.38 Å². The highest BCUT2D eigenvalue weighted by atomic mass is 32.1. The van der Waals surface area contributed by atoms with Crippen LogP contribution in [-0.4, -0.2) is 9.59 Å². The SMILES string of the molecule is N=Nc1csnn1. The topological polar surface area (TPSA) is 62.0 Å². The molecule has 1 aromatic heterocycles. The number of hydrogen-bond acceptors (Lipinski definition) is 5. The van der Waals surface area contributed by atoms with Crippen LogP contribution in [0.25, 0.3) is 0 Å². The lowest BCUT2D eigenvalue weighted by atomic mass is 10.9. The van der Waals surface area contributed by atoms with E-state index in [9.17, 15) is 0 Å². The summed E-state index contributed by atoms with van der Waals surface area (Å²) >= 11 is 1.19. The molecule has 0 radical (unpaired) electrons. The molecule has 4 nitrogen and oxygen atoms in total. The quantitative estimate of drug-likeness (QED) is 0.557. The first-order valence-electron chi connectivity index (χ1n) is 1.58. The Morgan fingerprint density at radius 2 is 2.71 bits per heavy atom. The van der Waals surface area contributed by atoms with Gasteiger partial charge in [0.15, 0.2) is 0 Å². The van der Waals surface area contributed by atoms with Gasteiger partial charge >= 0.3 is 0 Å². The summed E-state index contributed by atoms with van der Waals surface area (Å²) in [7, 11) is 0. The maximum atomic E-state index is 6.39. The Hall–Kier alpha value is -0.840. The summed E-state index contributed by atoms with van der Waals surface area (Å²) in [6.07, 6.45) is 0. The van der Waals surface area contributed by atoms with Gasteiger partial charge in [-0.3, -0.25) is 0 Å². The smallest absolute Gasteiger partial charge is 0.203 e. The molecule has 5 heteroatoms. The van der Waals surface area contributed by atoms with Gasteiger partial charge in [0.2, 0.25) is 5.82 Å². The van der Waals surface area contributed by atoms with Gasteiger partial charge in [0.1, 0.15) is 0 Å². The van der Waals surface area contributed by atoms with Gasteiger partial charge in [-0.1, -0.05) is 4.49 Å². The van der Waals surface area contributed by atoms with E-state index in [1.54, 1.807) is 5.38 Å². The lowest BCUT2D eigenvalue weighted by molar-refractivity contribution is 1.05. The highest BCUT2D eigenvalue weighted by Gasteiger charge is 1.85. The molecule has 0 saturated carbocycles. The van der Waals surface area contributed by atoms with E-state index in [4.69, 9.17) is 5.53 Å². The molecule has 0 amide bonds. The van der Waals surface area contributed by atoms with Gasteiger partial charge in [-0.2, -0.15) is 0 Å². The zero-order valence-electron chi connectivity index (χ0n) is 3.33. The summed E-state index contributed by atoms with van der Waals surface area (Å²) in [5.41, 5.74) is 6.39. The molecule has 36 valence electrons. The molecule has 0 aromatic carbocycles. The molecule has 0 aliphatic carbocycles. The van der Waals surface area contributed by atoms with Crippen LogP contribution >= 0.6 is 11.5 Å². The van der Waals surface area contributed by atoms with Crippen LogP contribution in [0, 0.1) is 5.53 Å². The molecule has 0 aliphatic rings. The van der Waals surface area contributed by atoms with Crippen LogP contribution in [-0.2, 0) is 0 Å². The first-order chi connectivity index (χ1) is 3.43. The zero-order chi connectivity index (χ0) is 5.11. The zero-order valence-corrected chi connectivity index (χ0v) is 4.14. The van der Waals surface area contributed by atoms with E-state index >= 15 is 0 Å². The Kier molecular flexibility index (Phi) is 1.08. The molecule has 0 aliphatic heterocycles. The lowest BCUT2D eigenvalue weighted by Gasteiger charge is -1.65. The van der Waals surface area contributed by atoms with Gasteiger partial charge in [0, 0.05) is 0 Å². The molecule has 0 spiro atoms. The van der Waals surface area contributed by atoms with E-state index in [1.165, 1.54) is 11.5 Å². The number of nitrogens with zero attached hydrogens (tertiary/aromatic N) is 3. The molecule has 1 heterocycles. The Morgan fingerprint density at radius 1 is 1.86 bits per heavy atom. The highest BCUT2D eigenvalue weighted by Crippen LogP contribution is 2.05. The number of aromatic nitrogens is 2. The molecule has 0 bridgehead atoms. The largest absolute Gasteiger partial charge is 0.208 e. The maximum Gasteiger partial charge on any atom is 0.208 e. The fourth-order valence-corrected chi connectivity index (χ4v) is 0.580. The van der Waals surface area contributed by atoms with Crippen molar-refractivity contribution in [2.24, 2.45) is 5.11 Å². The van der Waals surface area contributed by atoms with Crippen molar-refractivity contribution in [1.82, 2.24) is 9.59 Å². The Bertz CT molecular complexity index is 145. The van der Waals surface area contributed by atoms with Crippen LogP contribution in [0.5, 0.6) is 0 Å². The molecule has 0 fully saturated rings. The van der Waals surface area contributed by atoms with Gasteiger partial charge in [-0.15, -0.1) is 10.2 Å². The number of hydrogen-bond donors (Lipinski definition) is 1. The first-order valence-corrected chi connectivity index (χ1v) is 2.41. The molecule has 0 atom stereocenters. The van der Waals surface area contributed by atoms with Crippen molar-refractivity contribution in [3.63, 3.8) is 0 Å². The Morgan fingerprint density at radius 3 is 3.00 bits per heavy atom. The summed E-state index contributed by atoms with van der Waals surface area (Å²) in [6.45, 7) is 0. The number of rotatable bonds is 1. The Balaban J connectivity index is 2.96. The van der Waals surface area contributed by atoms with Crippen molar-refractivity contribution in [2.45, 2.75) is 0 Å². The van der Waals surface area contributed by atoms with Crippen LogP contribution in [0.3, 0.4) is 0 Å². The molecule has 0 unspecified atom stereocenters. The third kappa shape index (κ3) is 0.774. The summed E-state index contributed by atoms with van der Waals surface area (Å²) in [6, 6.07) is 0. The average molecular weight is 114 g/mol. The summed E-state index contributed by atoms with van der Waals surface area (Å²) in [5, 5.41) is 8.07. The normalized spacial score (nSPS) is 8.57. The average Bonchev–Trinajstić information content (AvgIpc) is 2.14. The second kappa shape index (κ2) is 1.74. The van der Waals surface area contributed by atoms with Crippen molar-refractivity contribution in [2.75, 3.05) is 0 Å². The van der Waals surface area contributed by atoms with E-state index in [0.717, 1.165) is 0 Å². The molecule has 1 rings (SSSR count). The molecular weight excluding hydrogens is 112 g/mol. The molecule has 0 saturated heterocycles. The van der Waals surface area contributed by atoms with Crippen LogP contribution in [0.4, 0.5) is 5.82 Å². The predicted octanol–water partition coefficient (Wildman–Crippen LogP) is 1.20. The van der Waals surface area contributed by atoms with E-state index in [-0.39, 0.29) is 0 Å². The molecule has 7 heavy (non-hydrogen) atoms. The van der Waals surface area contributed by atoms with Crippen LogP contribution < -0.4 is 0 Å². The first kappa shape index (κ1) is 4.32. The lowest BCUT2D eigenvalue weighted by Crippen LogP contribution is -1.58. The van der Waals surface area contributed by atoms with Crippen LogP contribution in [0.15, 0.2) is 10.5 Å². The van der Waals surface area contributed by atoms with E-state index < -0.39 is 0 Å². The second-order valence-electron chi connectivity index (χ2n) is 0.875. The van der Waals surface area contributed by atoms with Crippen LogP contribution in [0.2, 0.25) is 0 Å². The van der Waals surface area contributed by atoms with E-state index in [1.807, 2.05) is 0 Å². The van der Waals surface area contributed by atoms with Crippen molar-refractivity contribution >= 4 is 17.4 Å². The van der Waals surface area contributed by atoms with Crippen molar-refractivity contribution < 1.29 is 0 Å². The van der Waals surface area contributed by atoms with Gasteiger partial charge in [-0.25, -0.2) is 5.53 Å². The third-order valence-electron chi connectivity index (χ3n) is 0.463. The fourth-order valence-electron chi connectivity index (χ4n) is 0.208. The van der Waals surface area contributed by atoms with E-state index in [0.29, 0.717) is 5.82 Å². The monoisotopic (exact) mass is 114 g/mol. The third-order valence-corrected chi connectivity index (χ3v) is 0.955. The summed E-state index contributed by atoms with van der Waals surface area (Å²) in [4.78, 5) is 0. The fraction of sp³-hybridized carbons (Fsp3) is 0. The van der Waals surface area contributed by atoms with Gasteiger partial charge in [-0.05, 0) is 11.5 Å². The van der Waals surface area contributed by atoms with Crippen molar-refractivity contribution in [1.29, 1.82) is 5.53 Å². The minimum Gasteiger partial charge on any atom is -0.203 e. The maximum absolute atomic E-state index is 6.39. The minimum atomic E-state index is 0.380. The van der Waals surface area contributed by atoms with Gasteiger partial charge < -0.3 is 0 Å². The van der Waals surface area contributed by atoms with E-state index in [2.05, 4.69) is 14.7 Å². The Labute approximate surface area is 43.9 Å². The highest BCUT2D eigenvalue weighted by molar-refractivity contribution is 7.03. The molecule has 1 N–H and O–H groups in total. The predicted molar refractivity (Wildman–Crippen MR) is 24.7 cm³/mol. The van der Waals surface area contributed by atoms with Gasteiger partial charge in [0.25, 0.3) is 0 Å². The second-order valence-corrected chi connectivity index (χ2v) is 1.48. The van der Waals surface area contributed by atoms with Crippen molar-refractivity contribution in [3.8, 4) is 0 Å². The number of nitrogens with one attached hydrogen (secondary N) is 1.